The van der Waals surface area contributed by atoms with E-state index in [0.29, 0.717) is 12.5 Å². The van der Waals surface area contributed by atoms with Gasteiger partial charge < -0.3 is 19.6 Å². The minimum atomic E-state index is 0.312. The second-order valence-corrected chi connectivity index (χ2v) is 7.90. The van der Waals surface area contributed by atoms with Gasteiger partial charge in [0.05, 0.1) is 26.2 Å². The first-order valence-corrected chi connectivity index (χ1v) is 10.4. The van der Waals surface area contributed by atoms with Crippen molar-refractivity contribution in [2.45, 2.75) is 6.92 Å². The maximum absolute atomic E-state index is 12.8. The number of rotatable bonds is 4. The molecule has 5 heteroatoms. The predicted molar refractivity (Wildman–Crippen MR) is 114 cm³/mol. The van der Waals surface area contributed by atoms with E-state index in [1.54, 1.807) is 0 Å². The van der Waals surface area contributed by atoms with Crippen LogP contribution in [0.3, 0.4) is 0 Å². The number of carbonyl (C=O) groups excluding carboxylic acids is 1. The number of hydrogen-bond acceptors (Lipinski definition) is 3. The molecule has 0 spiro atoms. The van der Waals surface area contributed by atoms with Gasteiger partial charge in [0.2, 0.25) is 0 Å². The maximum atomic E-state index is 12.8. The van der Waals surface area contributed by atoms with Gasteiger partial charge in [-0.25, -0.2) is 0 Å². The zero-order valence-electron chi connectivity index (χ0n) is 16.8. The Hall–Kier alpha value is -2.53. The third kappa shape index (κ3) is 4.30. The van der Waals surface area contributed by atoms with Crippen molar-refractivity contribution < 1.29 is 9.69 Å². The topological polar surface area (TPSA) is 31.2 Å². The van der Waals surface area contributed by atoms with Crippen molar-refractivity contribution in [1.29, 1.82) is 0 Å². The molecule has 4 rings (SSSR count). The molecule has 1 N–H and O–H groups in total. The van der Waals surface area contributed by atoms with Crippen molar-refractivity contribution in [3.8, 4) is 0 Å². The van der Waals surface area contributed by atoms with E-state index in [4.69, 9.17) is 0 Å². The molecule has 1 amide bonds. The summed E-state index contributed by atoms with van der Waals surface area (Å²) in [7, 11) is 0. The number of nitrogens with zero attached hydrogens (tertiary/aromatic N) is 3. The van der Waals surface area contributed by atoms with E-state index in [1.165, 1.54) is 21.8 Å². The summed E-state index contributed by atoms with van der Waals surface area (Å²) in [5, 5.41) is 0. The van der Waals surface area contributed by atoms with Crippen LogP contribution in [-0.4, -0.2) is 69.7 Å². The van der Waals surface area contributed by atoms with Crippen LogP contribution in [0.4, 0.5) is 11.4 Å². The molecule has 2 heterocycles. The van der Waals surface area contributed by atoms with Crippen molar-refractivity contribution in [3.05, 3.63) is 60.2 Å². The Morgan fingerprint density at radius 3 is 2.14 bits per heavy atom. The predicted octanol–water partition coefficient (Wildman–Crippen LogP) is 1.05. The molecule has 148 valence electrons. The van der Waals surface area contributed by atoms with Crippen molar-refractivity contribution in [2.24, 2.45) is 0 Å². The van der Waals surface area contributed by atoms with Crippen LogP contribution in [0.5, 0.6) is 0 Å². The molecule has 0 unspecified atom stereocenters. The Labute approximate surface area is 168 Å². The summed E-state index contributed by atoms with van der Waals surface area (Å²) in [6.07, 6.45) is 0. The maximum Gasteiger partial charge on any atom is 0.277 e. The quantitative estimate of drug-likeness (QED) is 0.862. The molecule has 2 saturated heterocycles. The lowest BCUT2D eigenvalue weighted by molar-refractivity contribution is -0.892. The van der Waals surface area contributed by atoms with Gasteiger partial charge in [0.1, 0.15) is 0 Å². The summed E-state index contributed by atoms with van der Waals surface area (Å²) in [5.74, 6) is 0.312. The molecular weight excluding hydrogens is 348 g/mol. The number of carbonyl (C=O) groups is 1. The first kappa shape index (κ1) is 18.8. The zero-order chi connectivity index (χ0) is 19.3. The van der Waals surface area contributed by atoms with Gasteiger partial charge in [0.25, 0.3) is 5.91 Å². The number of amides is 1. The highest BCUT2D eigenvalue weighted by Crippen LogP contribution is 2.19. The summed E-state index contributed by atoms with van der Waals surface area (Å²) in [6, 6.07) is 19.1. The Bertz CT molecular complexity index is 778. The third-order valence-corrected chi connectivity index (χ3v) is 6.08. The fourth-order valence-electron chi connectivity index (χ4n) is 4.34. The molecule has 0 bridgehead atoms. The highest BCUT2D eigenvalue weighted by molar-refractivity contribution is 5.77. The minimum Gasteiger partial charge on any atom is -0.368 e. The van der Waals surface area contributed by atoms with Gasteiger partial charge in [0, 0.05) is 37.6 Å². The van der Waals surface area contributed by atoms with Gasteiger partial charge in [-0.3, -0.25) is 4.79 Å². The highest BCUT2D eigenvalue weighted by Gasteiger charge is 2.27. The highest BCUT2D eigenvalue weighted by atomic mass is 16.2. The first-order chi connectivity index (χ1) is 13.7. The van der Waals surface area contributed by atoms with E-state index in [0.717, 1.165) is 52.4 Å². The van der Waals surface area contributed by atoms with Gasteiger partial charge in [-0.2, -0.15) is 0 Å². The Kier molecular flexibility index (Phi) is 5.81. The molecule has 0 atom stereocenters. The first-order valence-electron chi connectivity index (χ1n) is 10.4. The molecular formula is C23H31N4O+. The fraction of sp³-hybridized carbons (Fsp3) is 0.435. The molecule has 0 aromatic heterocycles. The lowest BCUT2D eigenvalue weighted by atomic mass is 10.1. The molecule has 0 saturated carbocycles. The lowest BCUT2D eigenvalue weighted by Gasteiger charge is -2.38. The number of nitrogens with one attached hydrogen (secondary N) is 1. The summed E-state index contributed by atoms with van der Waals surface area (Å²) in [5.41, 5.74) is 3.93. The number of piperazine rings is 2. The monoisotopic (exact) mass is 379 g/mol. The van der Waals surface area contributed by atoms with Crippen LogP contribution in [0, 0.1) is 6.92 Å². The van der Waals surface area contributed by atoms with E-state index < -0.39 is 0 Å². The van der Waals surface area contributed by atoms with Crippen LogP contribution >= 0.6 is 0 Å². The molecule has 0 aliphatic carbocycles. The van der Waals surface area contributed by atoms with Crippen molar-refractivity contribution in [1.82, 2.24) is 4.90 Å². The number of para-hydroxylation sites is 2. The van der Waals surface area contributed by atoms with E-state index in [1.807, 2.05) is 6.07 Å². The van der Waals surface area contributed by atoms with Crippen LogP contribution in [0.25, 0.3) is 0 Å². The van der Waals surface area contributed by atoms with E-state index >= 15 is 0 Å². The van der Waals surface area contributed by atoms with Gasteiger partial charge in [-0.15, -0.1) is 0 Å². The largest absolute Gasteiger partial charge is 0.368 e. The fourth-order valence-corrected chi connectivity index (χ4v) is 4.34. The Morgan fingerprint density at radius 2 is 1.46 bits per heavy atom. The van der Waals surface area contributed by atoms with Crippen molar-refractivity contribution in [2.75, 3.05) is 68.7 Å². The van der Waals surface area contributed by atoms with Crippen LogP contribution in [0.1, 0.15) is 5.56 Å². The third-order valence-electron chi connectivity index (χ3n) is 6.08. The lowest BCUT2D eigenvalue weighted by Crippen LogP contribution is -3.16. The van der Waals surface area contributed by atoms with E-state index in [2.05, 4.69) is 70.2 Å². The summed E-state index contributed by atoms with van der Waals surface area (Å²) in [4.78, 5) is 21.1. The Morgan fingerprint density at radius 1 is 0.821 bits per heavy atom. The average molecular weight is 380 g/mol. The van der Waals surface area contributed by atoms with E-state index in [-0.39, 0.29) is 0 Å². The summed E-state index contributed by atoms with van der Waals surface area (Å²) in [6.45, 7) is 10.4. The molecule has 28 heavy (non-hydrogen) atoms. The van der Waals surface area contributed by atoms with Gasteiger partial charge in [0.15, 0.2) is 6.54 Å². The normalized spacial score (nSPS) is 18.4. The minimum absolute atomic E-state index is 0.312. The van der Waals surface area contributed by atoms with Crippen molar-refractivity contribution in [3.63, 3.8) is 0 Å². The molecule has 2 fully saturated rings. The van der Waals surface area contributed by atoms with Crippen LogP contribution in [0.15, 0.2) is 54.6 Å². The van der Waals surface area contributed by atoms with Crippen LogP contribution in [-0.2, 0) is 4.79 Å². The number of benzene rings is 2. The second-order valence-electron chi connectivity index (χ2n) is 7.90. The molecule has 2 aromatic carbocycles. The number of quaternary nitrogens is 1. The summed E-state index contributed by atoms with van der Waals surface area (Å²) >= 11 is 0. The van der Waals surface area contributed by atoms with Gasteiger partial charge in [-0.1, -0.05) is 36.4 Å². The average Bonchev–Trinajstić information content (AvgIpc) is 2.75. The van der Waals surface area contributed by atoms with Crippen molar-refractivity contribution >= 4 is 17.3 Å². The number of anilines is 2. The molecule has 2 aromatic rings. The van der Waals surface area contributed by atoms with Gasteiger partial charge >= 0.3 is 0 Å². The summed E-state index contributed by atoms with van der Waals surface area (Å²) < 4.78 is 0. The zero-order valence-corrected chi connectivity index (χ0v) is 16.8. The molecule has 2 aliphatic heterocycles. The van der Waals surface area contributed by atoms with E-state index in [9.17, 15) is 4.79 Å². The molecule has 5 nitrogen and oxygen atoms in total. The standard InChI is InChI=1S/C23H30N4O/c1-20-7-5-6-10-22(20)26-13-11-24(12-14-26)19-23(28)27-17-15-25(16-18-27)21-8-3-2-4-9-21/h2-10H,11-19H2,1H3/p+1. The number of aryl methyl sites for hydroxylation is 1. The van der Waals surface area contributed by atoms with Crippen LogP contribution < -0.4 is 14.7 Å². The smallest absolute Gasteiger partial charge is 0.277 e. The SMILES string of the molecule is Cc1ccccc1N1CC[NH+](CC(=O)N2CCN(c3ccccc3)CC2)CC1. The Balaban J connectivity index is 1.24. The van der Waals surface area contributed by atoms with Crippen LogP contribution in [0.2, 0.25) is 0 Å². The molecule has 0 radical (unpaired) electrons. The second kappa shape index (κ2) is 8.65. The molecule has 2 aliphatic rings. The number of hydrogen-bond donors (Lipinski definition) is 1. The van der Waals surface area contributed by atoms with Gasteiger partial charge in [-0.05, 0) is 30.7 Å².